The van der Waals surface area contributed by atoms with Gasteiger partial charge in [0.05, 0.1) is 11.2 Å². The Balaban J connectivity index is 2.29. The van der Waals surface area contributed by atoms with Crippen molar-refractivity contribution in [3.63, 3.8) is 0 Å². The lowest BCUT2D eigenvalue weighted by atomic mass is 10.1. The Bertz CT molecular complexity index is 788. The summed E-state index contributed by atoms with van der Waals surface area (Å²) in [5, 5.41) is 8.34. The molecule has 2 aromatic carbocycles. The summed E-state index contributed by atoms with van der Waals surface area (Å²) in [7, 11) is 0. The van der Waals surface area contributed by atoms with Gasteiger partial charge in [-0.3, -0.25) is 4.79 Å². The predicted octanol–water partition coefficient (Wildman–Crippen LogP) is 2.91. The van der Waals surface area contributed by atoms with Crippen molar-refractivity contribution in [3.05, 3.63) is 65.7 Å². The van der Waals surface area contributed by atoms with Gasteiger partial charge in [-0.2, -0.15) is 0 Å². The van der Waals surface area contributed by atoms with Crippen LogP contribution < -0.4 is 0 Å². The molecule has 20 heavy (non-hydrogen) atoms. The number of carbonyl (C=O) groups is 1. The van der Waals surface area contributed by atoms with Crippen LogP contribution in [0.2, 0.25) is 0 Å². The summed E-state index contributed by atoms with van der Waals surface area (Å²) in [6, 6.07) is 17.4. The highest BCUT2D eigenvalue weighted by molar-refractivity contribution is 5.90. The Hall–Kier alpha value is -2.75. The monoisotopic (exact) mass is 263 g/mol. The molecule has 0 aliphatic heterocycles. The van der Waals surface area contributed by atoms with Crippen LogP contribution in [0.1, 0.15) is 12.5 Å². The van der Waals surface area contributed by atoms with Gasteiger partial charge in [0.2, 0.25) is 0 Å². The van der Waals surface area contributed by atoms with Crippen LogP contribution in [-0.4, -0.2) is 21.3 Å². The molecule has 0 amide bonds. The van der Waals surface area contributed by atoms with Crippen LogP contribution in [0.15, 0.2) is 60.2 Å². The van der Waals surface area contributed by atoms with Gasteiger partial charge in [0.1, 0.15) is 11.8 Å². The van der Waals surface area contributed by atoms with Gasteiger partial charge in [0.15, 0.2) is 0 Å². The number of hydrogen-bond acceptors (Lipinski definition) is 3. The van der Waals surface area contributed by atoms with Crippen LogP contribution in [0.3, 0.4) is 0 Å². The third kappa shape index (κ3) is 2.01. The first-order valence-corrected chi connectivity index (χ1v) is 6.33. The average molecular weight is 263 g/mol. The Morgan fingerprint density at radius 1 is 1.05 bits per heavy atom. The second kappa shape index (κ2) is 5.09. The zero-order valence-corrected chi connectivity index (χ0v) is 11.0. The van der Waals surface area contributed by atoms with Gasteiger partial charge in [-0.25, -0.2) is 4.68 Å². The molecule has 3 aromatic rings. The molecule has 0 aliphatic carbocycles. The minimum Gasteiger partial charge on any atom is -0.298 e. The quantitative estimate of drug-likeness (QED) is 0.539. The van der Waals surface area contributed by atoms with Crippen LogP contribution in [0.25, 0.3) is 16.7 Å². The summed E-state index contributed by atoms with van der Waals surface area (Å²) >= 11 is 0. The van der Waals surface area contributed by atoms with Crippen LogP contribution in [0.4, 0.5) is 0 Å². The zero-order valence-electron chi connectivity index (χ0n) is 11.0. The van der Waals surface area contributed by atoms with Gasteiger partial charge >= 0.3 is 0 Å². The Morgan fingerprint density at radius 2 is 1.75 bits per heavy atom. The smallest absolute Gasteiger partial charge is 0.147 e. The topological polar surface area (TPSA) is 47.8 Å². The maximum absolute atomic E-state index is 11.2. The molecule has 0 unspecified atom stereocenters. The maximum atomic E-state index is 11.2. The molecule has 0 atom stereocenters. The number of rotatable bonds is 3. The van der Waals surface area contributed by atoms with E-state index < -0.39 is 0 Å². The summed E-state index contributed by atoms with van der Waals surface area (Å²) in [5.74, 6) is 0. The molecule has 0 saturated carbocycles. The second-order valence-corrected chi connectivity index (χ2v) is 4.51. The number of hydrogen-bond donors (Lipinski definition) is 0. The molecule has 98 valence electrons. The molecule has 3 rings (SSSR count). The second-order valence-electron chi connectivity index (χ2n) is 4.51. The molecule has 4 nitrogen and oxygen atoms in total. The highest BCUT2D eigenvalue weighted by Gasteiger charge is 2.13. The molecule has 0 spiro atoms. The number of allylic oxidation sites excluding steroid dienone is 1. The van der Waals surface area contributed by atoms with Crippen molar-refractivity contribution < 1.29 is 4.79 Å². The molecule has 4 heteroatoms. The van der Waals surface area contributed by atoms with Gasteiger partial charge in [-0.05, 0) is 19.1 Å². The van der Waals surface area contributed by atoms with Gasteiger partial charge in [-0.1, -0.05) is 47.7 Å². The minimum atomic E-state index is 0.617. The molecule has 0 N–H and O–H groups in total. The van der Waals surface area contributed by atoms with Crippen molar-refractivity contribution in [2.75, 3.05) is 0 Å². The maximum Gasteiger partial charge on any atom is 0.147 e. The summed E-state index contributed by atoms with van der Waals surface area (Å²) < 4.78 is 1.72. The summed E-state index contributed by atoms with van der Waals surface area (Å²) in [6.07, 6.45) is 0.846. The molecule has 0 saturated heterocycles. The summed E-state index contributed by atoms with van der Waals surface area (Å²) in [4.78, 5) is 11.2. The SMILES string of the molecule is C/C(C=O)=C(/c1ccccc1)n1nnc2ccccc21. The highest BCUT2D eigenvalue weighted by atomic mass is 16.1. The first kappa shape index (κ1) is 12.3. The van der Waals surface area contributed by atoms with E-state index in [1.165, 1.54) is 0 Å². The van der Waals surface area contributed by atoms with Gasteiger partial charge in [-0.15, -0.1) is 5.10 Å². The van der Waals surface area contributed by atoms with Crippen molar-refractivity contribution in [2.24, 2.45) is 0 Å². The van der Waals surface area contributed by atoms with E-state index in [1.807, 2.05) is 54.6 Å². The van der Waals surface area contributed by atoms with Crippen LogP contribution in [0, 0.1) is 0 Å². The van der Waals surface area contributed by atoms with E-state index in [1.54, 1.807) is 11.6 Å². The summed E-state index contributed by atoms with van der Waals surface area (Å²) in [6.45, 7) is 1.78. The van der Waals surface area contributed by atoms with E-state index in [9.17, 15) is 4.79 Å². The Morgan fingerprint density at radius 3 is 2.50 bits per heavy atom. The number of para-hydroxylation sites is 1. The molecule has 0 aliphatic rings. The average Bonchev–Trinajstić information content (AvgIpc) is 2.92. The van der Waals surface area contributed by atoms with Crippen molar-refractivity contribution in [3.8, 4) is 0 Å². The number of aldehydes is 1. The van der Waals surface area contributed by atoms with Gasteiger partial charge < -0.3 is 0 Å². The summed E-state index contributed by atoms with van der Waals surface area (Å²) in [5.41, 5.74) is 4.00. The lowest BCUT2D eigenvalue weighted by Crippen LogP contribution is -2.04. The van der Waals surface area contributed by atoms with E-state index in [2.05, 4.69) is 10.3 Å². The fourth-order valence-corrected chi connectivity index (χ4v) is 2.20. The van der Waals surface area contributed by atoms with Crippen LogP contribution >= 0.6 is 0 Å². The van der Waals surface area contributed by atoms with Crippen molar-refractivity contribution in [2.45, 2.75) is 6.92 Å². The third-order valence-corrected chi connectivity index (χ3v) is 3.16. The fourth-order valence-electron chi connectivity index (χ4n) is 2.20. The lowest BCUT2D eigenvalue weighted by Gasteiger charge is -2.10. The number of carbonyl (C=O) groups excluding carboxylic acids is 1. The van der Waals surface area contributed by atoms with Crippen LogP contribution in [-0.2, 0) is 4.79 Å². The van der Waals surface area contributed by atoms with Crippen molar-refractivity contribution in [1.29, 1.82) is 0 Å². The molecule has 0 fully saturated rings. The van der Waals surface area contributed by atoms with Crippen LogP contribution in [0.5, 0.6) is 0 Å². The Labute approximate surface area is 116 Å². The minimum absolute atomic E-state index is 0.617. The number of aromatic nitrogens is 3. The lowest BCUT2D eigenvalue weighted by molar-refractivity contribution is -0.104. The van der Waals surface area contributed by atoms with E-state index in [0.717, 1.165) is 28.6 Å². The standard InChI is InChI=1S/C16H13N3O/c1-12(11-20)16(13-7-3-2-4-8-13)19-15-10-6-5-9-14(15)17-18-19/h2-11H,1H3/b16-12+. The molecule has 0 bridgehead atoms. The largest absolute Gasteiger partial charge is 0.298 e. The molecule has 1 aromatic heterocycles. The van der Waals surface area contributed by atoms with E-state index in [4.69, 9.17) is 0 Å². The highest BCUT2D eigenvalue weighted by Crippen LogP contribution is 2.23. The predicted molar refractivity (Wildman–Crippen MR) is 78.0 cm³/mol. The first-order valence-electron chi connectivity index (χ1n) is 6.33. The third-order valence-electron chi connectivity index (χ3n) is 3.16. The van der Waals surface area contributed by atoms with E-state index in [0.29, 0.717) is 5.57 Å². The first-order chi connectivity index (χ1) is 9.81. The van der Waals surface area contributed by atoms with E-state index in [-0.39, 0.29) is 0 Å². The molecule has 0 radical (unpaired) electrons. The van der Waals surface area contributed by atoms with Gasteiger partial charge in [0, 0.05) is 11.1 Å². The Kier molecular flexibility index (Phi) is 3.13. The number of fused-ring (bicyclic) bond motifs is 1. The van der Waals surface area contributed by atoms with E-state index >= 15 is 0 Å². The van der Waals surface area contributed by atoms with Crippen molar-refractivity contribution >= 4 is 23.0 Å². The molecule has 1 heterocycles. The molecular weight excluding hydrogens is 250 g/mol. The molecular formula is C16H13N3O. The fraction of sp³-hybridized carbons (Fsp3) is 0.0625. The van der Waals surface area contributed by atoms with Crippen molar-refractivity contribution in [1.82, 2.24) is 15.0 Å². The number of benzene rings is 2. The van der Waals surface area contributed by atoms with Gasteiger partial charge in [0.25, 0.3) is 0 Å². The zero-order chi connectivity index (χ0) is 13.9. The number of nitrogens with zero attached hydrogens (tertiary/aromatic N) is 3. The normalized spacial score (nSPS) is 12.2.